The zero-order chi connectivity index (χ0) is 32.0. The van der Waals surface area contributed by atoms with Crippen LogP contribution in [0.2, 0.25) is 18.1 Å². The maximum absolute atomic E-state index is 13.6. The van der Waals surface area contributed by atoms with E-state index in [1.165, 1.54) is 22.2 Å². The molecule has 3 heterocycles. The maximum atomic E-state index is 13.6. The van der Waals surface area contributed by atoms with Gasteiger partial charge in [0.1, 0.15) is 4.88 Å². The summed E-state index contributed by atoms with van der Waals surface area (Å²) in [6.07, 6.45) is 3.17. The molecule has 5 rings (SSSR count). The second-order valence-electron chi connectivity index (χ2n) is 12.0. The number of nitrogens with one attached hydrogen (secondary N) is 2. The van der Waals surface area contributed by atoms with Crippen molar-refractivity contribution in [3.8, 4) is 27.6 Å². The van der Waals surface area contributed by atoms with E-state index in [0.29, 0.717) is 28.9 Å². The van der Waals surface area contributed by atoms with Gasteiger partial charge in [0.2, 0.25) is 10.3 Å². The lowest BCUT2D eigenvalue weighted by Crippen LogP contribution is -2.41. The Morgan fingerprint density at radius 3 is 2.40 bits per heavy atom. The van der Waals surface area contributed by atoms with Crippen LogP contribution in [0.4, 0.5) is 10.8 Å². The molecule has 13 heteroatoms. The van der Waals surface area contributed by atoms with Crippen LogP contribution in [0.5, 0.6) is 0 Å². The van der Waals surface area contributed by atoms with E-state index in [0.717, 1.165) is 41.0 Å². The van der Waals surface area contributed by atoms with Crippen molar-refractivity contribution >= 4 is 47.7 Å². The van der Waals surface area contributed by atoms with Gasteiger partial charge in [-0.3, -0.25) is 14.7 Å². The smallest absolute Gasteiger partial charge is 0.301 e. The second-order valence-corrected chi connectivity index (χ2v) is 18.7. The zero-order valence-electron chi connectivity index (χ0n) is 26.0. The minimum absolute atomic E-state index is 0.124. The number of nitrogens with zero attached hydrogens (tertiary/aromatic N) is 5. The molecule has 2 aromatic carbocycles. The van der Waals surface area contributed by atoms with Crippen LogP contribution >= 0.6 is 22.7 Å². The van der Waals surface area contributed by atoms with Gasteiger partial charge in [0.05, 0.1) is 17.6 Å². The Morgan fingerprint density at radius 1 is 1.02 bits per heavy atom. The summed E-state index contributed by atoms with van der Waals surface area (Å²) in [7, 11) is -1.76. The highest BCUT2D eigenvalue weighted by Crippen LogP contribution is 2.36. The van der Waals surface area contributed by atoms with Gasteiger partial charge in [-0.25, -0.2) is 9.97 Å². The largest absolute Gasteiger partial charge is 0.417 e. The molecule has 0 aliphatic carbocycles. The molecule has 0 aliphatic rings. The molecule has 1 amide bonds. The summed E-state index contributed by atoms with van der Waals surface area (Å²) in [5.74, 6) is -0.216. The van der Waals surface area contributed by atoms with Crippen molar-refractivity contribution in [2.45, 2.75) is 51.7 Å². The fraction of sp³-hybridized carbons (Fsp3) is 0.312. The van der Waals surface area contributed by atoms with Gasteiger partial charge >= 0.3 is 5.56 Å². The first-order valence-electron chi connectivity index (χ1n) is 14.7. The van der Waals surface area contributed by atoms with E-state index in [-0.39, 0.29) is 21.8 Å². The molecule has 0 saturated carbocycles. The molecule has 3 aromatic heterocycles. The molecular formula is C32H37N7O3S2Si. The number of rotatable bonds is 12. The maximum Gasteiger partial charge on any atom is 0.301 e. The van der Waals surface area contributed by atoms with E-state index < -0.39 is 13.9 Å². The van der Waals surface area contributed by atoms with E-state index in [4.69, 9.17) is 4.43 Å². The average molecular weight is 660 g/mol. The summed E-state index contributed by atoms with van der Waals surface area (Å²) in [6.45, 7) is 12.4. The van der Waals surface area contributed by atoms with E-state index in [1.54, 1.807) is 0 Å². The first-order chi connectivity index (χ1) is 21.5. The predicted octanol–water partition coefficient (Wildman–Crippen LogP) is 8.36. The Labute approximate surface area is 271 Å². The topological polar surface area (TPSA) is 127 Å². The highest BCUT2D eigenvalue weighted by molar-refractivity contribution is 7.17. The zero-order valence-corrected chi connectivity index (χ0v) is 28.7. The molecule has 0 saturated heterocycles. The number of azo groups is 1. The molecule has 0 bridgehead atoms. The monoisotopic (exact) mass is 659 g/mol. The molecular weight excluding hydrogens is 623 g/mol. The molecule has 45 heavy (non-hydrogen) atoms. The molecule has 2 N–H and O–H groups in total. The molecule has 0 aliphatic heterocycles. The number of hydrogen-bond acceptors (Lipinski definition) is 9. The number of unbranched alkanes of at least 4 members (excludes halogenated alkanes) is 1. The lowest BCUT2D eigenvalue weighted by Gasteiger charge is -2.36. The first kappa shape index (κ1) is 32.4. The van der Waals surface area contributed by atoms with Crippen molar-refractivity contribution < 1.29 is 9.22 Å². The van der Waals surface area contributed by atoms with Crippen LogP contribution < -0.4 is 10.9 Å². The molecule has 0 atom stereocenters. The van der Waals surface area contributed by atoms with Crippen molar-refractivity contribution in [3.05, 3.63) is 87.5 Å². The molecule has 0 fully saturated rings. The third-order valence-electron chi connectivity index (χ3n) is 7.76. The SMILES string of the molecule is CC(C)(C)[Si](C)(C)OCCCCNC(=O)c1cnc(N=Nc2c(-c3ccccc3)[nH]n(-c3nc(-c4ccccc4)cs3)c2=O)s1. The van der Waals surface area contributed by atoms with Crippen molar-refractivity contribution in [2.24, 2.45) is 10.2 Å². The van der Waals surface area contributed by atoms with Crippen molar-refractivity contribution in [1.29, 1.82) is 0 Å². The molecule has 234 valence electrons. The number of aromatic nitrogens is 4. The van der Waals surface area contributed by atoms with Gasteiger partial charge in [-0.15, -0.1) is 21.6 Å². The third-order valence-corrected chi connectivity index (χ3v) is 14.0. The number of thiazole rings is 2. The fourth-order valence-electron chi connectivity index (χ4n) is 4.14. The van der Waals surface area contributed by atoms with Gasteiger partial charge in [0, 0.05) is 29.7 Å². The number of H-pyrrole nitrogens is 1. The van der Waals surface area contributed by atoms with Crippen LogP contribution in [0.15, 0.2) is 87.3 Å². The number of carbonyl (C=O) groups excluding carboxylic acids is 1. The van der Waals surface area contributed by atoms with Gasteiger partial charge in [0.25, 0.3) is 5.91 Å². The number of carbonyl (C=O) groups is 1. The van der Waals surface area contributed by atoms with E-state index in [9.17, 15) is 9.59 Å². The van der Waals surface area contributed by atoms with E-state index in [1.807, 2.05) is 66.0 Å². The summed E-state index contributed by atoms with van der Waals surface area (Å²) < 4.78 is 7.59. The second kappa shape index (κ2) is 13.9. The third kappa shape index (κ3) is 7.79. The quantitative estimate of drug-likeness (QED) is 0.0791. The molecule has 0 unspecified atom stereocenters. The van der Waals surface area contributed by atoms with Crippen LogP contribution in [0.25, 0.3) is 27.6 Å². The minimum Gasteiger partial charge on any atom is -0.417 e. The lowest BCUT2D eigenvalue weighted by atomic mass is 10.1. The number of aromatic amines is 1. The Bertz CT molecular complexity index is 1820. The summed E-state index contributed by atoms with van der Waals surface area (Å²) in [5, 5.41) is 17.5. The fourth-order valence-corrected chi connectivity index (χ4v) is 6.67. The lowest BCUT2D eigenvalue weighted by molar-refractivity contribution is 0.0956. The average Bonchev–Trinajstić information content (AvgIpc) is 3.77. The van der Waals surface area contributed by atoms with Crippen LogP contribution in [0, 0.1) is 0 Å². The van der Waals surface area contributed by atoms with Crippen LogP contribution in [0.3, 0.4) is 0 Å². The number of hydrogen-bond donors (Lipinski definition) is 2. The number of benzene rings is 2. The first-order valence-corrected chi connectivity index (χ1v) is 19.4. The standard InChI is InChI=1S/C32H37N7O3S2Si/c1-32(2,3)45(4,5)42-19-13-12-18-33-28(40)25-20-34-30(44-25)37-36-27-26(23-16-10-7-11-17-23)38-39(29(27)41)31-35-24(21-43-31)22-14-8-6-9-15-22/h6-11,14-17,20-21,38H,12-13,18-19H2,1-5H3,(H,33,40). The molecule has 10 nitrogen and oxygen atoms in total. The van der Waals surface area contributed by atoms with Crippen LogP contribution in [-0.2, 0) is 4.43 Å². The normalized spacial score (nSPS) is 12.2. The summed E-state index contributed by atoms with van der Waals surface area (Å²) in [5.41, 5.74) is 2.75. The molecule has 0 spiro atoms. The van der Waals surface area contributed by atoms with Crippen LogP contribution in [0.1, 0.15) is 43.3 Å². The minimum atomic E-state index is -1.76. The highest BCUT2D eigenvalue weighted by atomic mass is 32.1. The van der Waals surface area contributed by atoms with E-state index >= 15 is 0 Å². The van der Waals surface area contributed by atoms with Gasteiger partial charge in [0.15, 0.2) is 14.0 Å². The van der Waals surface area contributed by atoms with Crippen molar-refractivity contribution in [1.82, 2.24) is 25.1 Å². The molecule has 0 radical (unpaired) electrons. The van der Waals surface area contributed by atoms with Gasteiger partial charge in [-0.2, -0.15) is 4.68 Å². The summed E-state index contributed by atoms with van der Waals surface area (Å²) >= 11 is 2.46. The van der Waals surface area contributed by atoms with Crippen LogP contribution in [-0.4, -0.2) is 47.1 Å². The van der Waals surface area contributed by atoms with E-state index in [2.05, 4.69) is 64.5 Å². The number of amides is 1. The molecule has 5 aromatic rings. The van der Waals surface area contributed by atoms with Gasteiger partial charge < -0.3 is 9.74 Å². The predicted molar refractivity (Wildman–Crippen MR) is 184 cm³/mol. The van der Waals surface area contributed by atoms with Crippen molar-refractivity contribution in [2.75, 3.05) is 13.2 Å². The Balaban J connectivity index is 1.26. The summed E-state index contributed by atoms with van der Waals surface area (Å²) in [4.78, 5) is 35.7. The van der Waals surface area contributed by atoms with Gasteiger partial charge in [-0.05, 0) is 31.0 Å². The Kier molecular flexibility index (Phi) is 10.0. The van der Waals surface area contributed by atoms with Gasteiger partial charge in [-0.1, -0.05) is 92.8 Å². The Morgan fingerprint density at radius 2 is 1.71 bits per heavy atom. The van der Waals surface area contributed by atoms with Crippen molar-refractivity contribution in [3.63, 3.8) is 0 Å². The Hall–Kier alpha value is -4.04. The highest BCUT2D eigenvalue weighted by Gasteiger charge is 2.36. The summed E-state index contributed by atoms with van der Waals surface area (Å²) in [6, 6.07) is 19.2.